The van der Waals surface area contributed by atoms with Crippen molar-refractivity contribution >= 4 is 28.7 Å². The number of hydrogen-bond acceptors (Lipinski definition) is 7. The Labute approximate surface area is 173 Å². The van der Waals surface area contributed by atoms with Crippen LogP contribution in [-0.2, 0) is 4.79 Å². The highest BCUT2D eigenvalue weighted by molar-refractivity contribution is 7.07. The van der Waals surface area contributed by atoms with Gasteiger partial charge >= 0.3 is 0 Å². The Balaban J connectivity index is 1.64. The molecule has 0 saturated heterocycles. The molecule has 1 saturated carbocycles. The van der Waals surface area contributed by atoms with Crippen molar-refractivity contribution in [1.82, 2.24) is 24.5 Å². The monoisotopic (exact) mass is 409 g/mol. The average molecular weight is 410 g/mol. The van der Waals surface area contributed by atoms with Crippen molar-refractivity contribution in [3.05, 3.63) is 29.5 Å². The molecule has 3 aromatic rings. The number of hydrogen-bond donors (Lipinski definition) is 0. The third-order valence-electron chi connectivity index (χ3n) is 5.92. The lowest BCUT2D eigenvalue weighted by atomic mass is 10.0. The molecule has 0 N–H and O–H groups in total. The summed E-state index contributed by atoms with van der Waals surface area (Å²) in [5.41, 5.74) is 3.36. The maximum absolute atomic E-state index is 13.0. The lowest BCUT2D eigenvalue weighted by Gasteiger charge is -2.43. The topological polar surface area (TPSA) is 80.0 Å². The third kappa shape index (κ3) is 2.91. The molecular weight excluding hydrogens is 386 g/mol. The van der Waals surface area contributed by atoms with E-state index in [1.165, 1.54) is 24.2 Å². The van der Waals surface area contributed by atoms with E-state index >= 15 is 0 Å². The van der Waals surface area contributed by atoms with E-state index in [1.807, 2.05) is 23.2 Å². The Morgan fingerprint density at radius 2 is 2.03 bits per heavy atom. The van der Waals surface area contributed by atoms with Gasteiger partial charge in [-0.15, -0.1) is 11.3 Å². The quantitative estimate of drug-likeness (QED) is 0.658. The first-order valence-corrected chi connectivity index (χ1v) is 11.0. The highest BCUT2D eigenvalue weighted by Gasteiger charge is 2.41. The summed E-state index contributed by atoms with van der Waals surface area (Å²) >= 11 is 1.53. The molecule has 2 aliphatic rings. The molecule has 9 heteroatoms. The molecule has 0 bridgehead atoms. The third-order valence-corrected chi connectivity index (χ3v) is 6.50. The molecule has 3 aromatic heterocycles. The van der Waals surface area contributed by atoms with E-state index in [4.69, 9.17) is 4.98 Å². The second-order valence-electron chi connectivity index (χ2n) is 7.54. The van der Waals surface area contributed by atoms with Crippen LogP contribution in [0.15, 0.2) is 29.5 Å². The number of aromatic nitrogens is 5. The number of rotatable bonds is 4. The second kappa shape index (κ2) is 7.22. The summed E-state index contributed by atoms with van der Waals surface area (Å²) in [5, 5.41) is 1.96. The van der Waals surface area contributed by atoms with Gasteiger partial charge in [-0.05, 0) is 19.3 Å². The number of carbonyl (C=O) groups is 1. The molecule has 0 radical (unpaired) electrons. The predicted molar refractivity (Wildman–Crippen MR) is 112 cm³/mol. The number of anilines is 2. The van der Waals surface area contributed by atoms with Crippen LogP contribution in [0.4, 0.5) is 11.5 Å². The van der Waals surface area contributed by atoms with Gasteiger partial charge in [0, 0.05) is 30.9 Å². The van der Waals surface area contributed by atoms with Crippen molar-refractivity contribution in [2.45, 2.75) is 51.1 Å². The molecule has 1 amide bonds. The fourth-order valence-corrected chi connectivity index (χ4v) is 5.00. The summed E-state index contributed by atoms with van der Waals surface area (Å²) in [4.78, 5) is 35.3. The first-order chi connectivity index (χ1) is 14.2. The van der Waals surface area contributed by atoms with E-state index < -0.39 is 0 Å². The Bertz CT molecular complexity index is 1030. The average Bonchev–Trinajstić information content (AvgIpc) is 3.51. The van der Waals surface area contributed by atoms with Crippen LogP contribution in [-0.4, -0.2) is 49.5 Å². The van der Waals surface area contributed by atoms with Crippen LogP contribution in [0.1, 0.15) is 39.0 Å². The zero-order valence-corrected chi connectivity index (χ0v) is 17.3. The lowest BCUT2D eigenvalue weighted by molar-refractivity contribution is -0.120. The normalized spacial score (nSPS) is 19.8. The maximum Gasteiger partial charge on any atom is 0.249 e. The number of carbonyl (C=O) groups excluding carboxylic acids is 1. The molecule has 1 atom stereocenters. The van der Waals surface area contributed by atoms with Crippen LogP contribution in [0, 0.1) is 0 Å². The van der Waals surface area contributed by atoms with Crippen molar-refractivity contribution < 1.29 is 4.79 Å². The Kier molecular flexibility index (Phi) is 4.54. The smallest absolute Gasteiger partial charge is 0.249 e. The second-order valence-corrected chi connectivity index (χ2v) is 8.26. The molecule has 1 unspecified atom stereocenters. The van der Waals surface area contributed by atoms with E-state index in [0.29, 0.717) is 17.8 Å². The van der Waals surface area contributed by atoms with Gasteiger partial charge in [0.15, 0.2) is 11.6 Å². The molecule has 1 fully saturated rings. The van der Waals surface area contributed by atoms with E-state index in [-0.39, 0.29) is 11.9 Å². The summed E-state index contributed by atoms with van der Waals surface area (Å²) in [6.07, 6.45) is 10.7. The molecule has 1 aliphatic heterocycles. The van der Waals surface area contributed by atoms with Crippen molar-refractivity contribution in [3.8, 4) is 17.5 Å². The highest BCUT2D eigenvalue weighted by atomic mass is 32.1. The fourth-order valence-electron chi connectivity index (χ4n) is 4.47. The van der Waals surface area contributed by atoms with Gasteiger partial charge in [0.25, 0.3) is 0 Å². The van der Waals surface area contributed by atoms with Crippen LogP contribution in [0.5, 0.6) is 0 Å². The molecule has 29 heavy (non-hydrogen) atoms. The van der Waals surface area contributed by atoms with Gasteiger partial charge in [0.05, 0.1) is 11.7 Å². The Morgan fingerprint density at radius 3 is 2.76 bits per heavy atom. The number of fused-ring (bicyclic) bond motifs is 1. The SMILES string of the molecule is CCC1C(=O)N(C)c2cnc(-n3ccnc3-c3cscn3)nc2N1C1CCCC1. The standard InChI is InChI=1S/C20H23N7OS/c1-3-15-19(28)25(2)16-10-22-20(24-18(16)27(15)13-6-4-5-7-13)26-9-8-21-17(26)14-11-29-12-23-14/h8-13,15H,3-7H2,1-2H3. The van der Waals surface area contributed by atoms with Gasteiger partial charge in [-0.3, -0.25) is 9.36 Å². The largest absolute Gasteiger partial charge is 0.340 e. The molecule has 4 heterocycles. The minimum atomic E-state index is -0.181. The first kappa shape index (κ1) is 18.2. The van der Waals surface area contributed by atoms with Crippen LogP contribution in [0.2, 0.25) is 0 Å². The van der Waals surface area contributed by atoms with Gasteiger partial charge < -0.3 is 9.80 Å². The van der Waals surface area contributed by atoms with Gasteiger partial charge in [0.2, 0.25) is 11.9 Å². The zero-order chi connectivity index (χ0) is 20.0. The minimum Gasteiger partial charge on any atom is -0.340 e. The highest BCUT2D eigenvalue weighted by Crippen LogP contribution is 2.39. The van der Waals surface area contributed by atoms with Gasteiger partial charge in [-0.2, -0.15) is 4.98 Å². The van der Waals surface area contributed by atoms with Crippen molar-refractivity contribution in [3.63, 3.8) is 0 Å². The molecule has 5 rings (SSSR count). The van der Waals surface area contributed by atoms with Crippen molar-refractivity contribution in [1.29, 1.82) is 0 Å². The van der Waals surface area contributed by atoms with E-state index in [0.717, 1.165) is 36.5 Å². The van der Waals surface area contributed by atoms with Gasteiger partial charge in [0.1, 0.15) is 17.4 Å². The summed E-state index contributed by atoms with van der Waals surface area (Å²) in [5.74, 6) is 2.22. The first-order valence-electron chi connectivity index (χ1n) is 10.0. The van der Waals surface area contributed by atoms with Gasteiger partial charge in [-0.25, -0.2) is 15.0 Å². The fraction of sp³-hybridized carbons (Fsp3) is 0.450. The molecule has 150 valence electrons. The van der Waals surface area contributed by atoms with Crippen LogP contribution >= 0.6 is 11.3 Å². The van der Waals surface area contributed by atoms with Gasteiger partial charge in [-0.1, -0.05) is 19.8 Å². The predicted octanol–water partition coefficient (Wildman–Crippen LogP) is 3.29. The molecule has 0 spiro atoms. The molecule has 8 nitrogen and oxygen atoms in total. The summed E-state index contributed by atoms with van der Waals surface area (Å²) in [6.45, 7) is 2.07. The van der Waals surface area contributed by atoms with Crippen LogP contribution in [0.25, 0.3) is 17.5 Å². The summed E-state index contributed by atoms with van der Waals surface area (Å²) in [6, 6.07) is 0.166. The molecule has 1 aliphatic carbocycles. The van der Waals surface area contributed by atoms with Crippen molar-refractivity contribution in [2.75, 3.05) is 16.8 Å². The number of likely N-dealkylation sites (N-methyl/N-ethyl adjacent to an activating group) is 1. The number of nitrogens with zero attached hydrogens (tertiary/aromatic N) is 7. The zero-order valence-electron chi connectivity index (χ0n) is 16.5. The lowest BCUT2D eigenvalue weighted by Crippen LogP contribution is -2.55. The summed E-state index contributed by atoms with van der Waals surface area (Å²) < 4.78 is 1.86. The van der Waals surface area contributed by atoms with Crippen LogP contribution in [0.3, 0.4) is 0 Å². The van der Waals surface area contributed by atoms with E-state index in [2.05, 4.69) is 26.8 Å². The molecule has 0 aromatic carbocycles. The van der Waals surface area contributed by atoms with Crippen molar-refractivity contribution in [2.24, 2.45) is 0 Å². The Morgan fingerprint density at radius 1 is 1.21 bits per heavy atom. The van der Waals surface area contributed by atoms with Crippen LogP contribution < -0.4 is 9.80 Å². The maximum atomic E-state index is 13.0. The number of imidazole rings is 1. The number of thiazole rings is 1. The Hall–Kier alpha value is -2.81. The minimum absolute atomic E-state index is 0.119. The number of amides is 1. The van der Waals surface area contributed by atoms with E-state index in [9.17, 15) is 4.79 Å². The summed E-state index contributed by atoms with van der Waals surface area (Å²) in [7, 11) is 1.82. The van der Waals surface area contributed by atoms with E-state index in [1.54, 1.807) is 22.8 Å². The molecular formula is C20H23N7OS.